The zero-order valence-corrected chi connectivity index (χ0v) is 11.6. The summed E-state index contributed by atoms with van der Waals surface area (Å²) >= 11 is 0. The highest BCUT2D eigenvalue weighted by atomic mass is 16.5. The molecule has 2 aromatic carbocycles. The SMILES string of the molecule is Cc1cccc(OCC(=O)Nc2ccc(C)cc2N)c1. The van der Waals surface area contributed by atoms with Crippen molar-refractivity contribution in [3.8, 4) is 5.75 Å². The van der Waals surface area contributed by atoms with E-state index in [-0.39, 0.29) is 12.5 Å². The molecule has 0 aliphatic carbocycles. The van der Waals surface area contributed by atoms with Crippen LogP contribution in [0.15, 0.2) is 42.5 Å². The molecule has 0 bridgehead atoms. The molecule has 1 amide bonds. The zero-order chi connectivity index (χ0) is 14.5. The predicted molar refractivity (Wildman–Crippen MR) is 80.9 cm³/mol. The van der Waals surface area contributed by atoms with Crippen LogP contribution in [0.4, 0.5) is 11.4 Å². The van der Waals surface area contributed by atoms with Gasteiger partial charge in [0.15, 0.2) is 6.61 Å². The minimum atomic E-state index is -0.234. The van der Waals surface area contributed by atoms with Crippen LogP contribution >= 0.6 is 0 Å². The predicted octanol–water partition coefficient (Wildman–Crippen LogP) is 2.90. The first-order valence-corrected chi connectivity index (χ1v) is 6.40. The van der Waals surface area contributed by atoms with Gasteiger partial charge in [0.25, 0.3) is 5.91 Å². The Labute approximate surface area is 118 Å². The second kappa shape index (κ2) is 6.10. The van der Waals surface area contributed by atoms with Gasteiger partial charge < -0.3 is 15.8 Å². The van der Waals surface area contributed by atoms with Crippen LogP contribution in [0, 0.1) is 13.8 Å². The summed E-state index contributed by atoms with van der Waals surface area (Å²) < 4.78 is 5.43. The lowest BCUT2D eigenvalue weighted by Gasteiger charge is -2.10. The number of nitrogens with two attached hydrogens (primary N) is 1. The molecule has 0 fully saturated rings. The van der Waals surface area contributed by atoms with Crippen LogP contribution in [-0.2, 0) is 4.79 Å². The molecule has 0 atom stereocenters. The molecule has 0 aliphatic heterocycles. The molecule has 0 heterocycles. The first-order chi connectivity index (χ1) is 9.54. The Morgan fingerprint density at radius 2 is 1.90 bits per heavy atom. The number of nitrogen functional groups attached to an aromatic ring is 1. The van der Waals surface area contributed by atoms with Gasteiger partial charge in [-0.15, -0.1) is 0 Å². The van der Waals surface area contributed by atoms with E-state index in [9.17, 15) is 4.79 Å². The Bertz CT molecular complexity index is 624. The monoisotopic (exact) mass is 270 g/mol. The molecule has 0 aliphatic rings. The average molecular weight is 270 g/mol. The lowest BCUT2D eigenvalue weighted by molar-refractivity contribution is -0.118. The molecular formula is C16H18N2O2. The number of carbonyl (C=O) groups excluding carboxylic acids is 1. The third-order valence-electron chi connectivity index (χ3n) is 2.84. The Balaban J connectivity index is 1.92. The summed E-state index contributed by atoms with van der Waals surface area (Å²) in [4.78, 5) is 11.8. The highest BCUT2D eigenvalue weighted by Gasteiger charge is 2.06. The van der Waals surface area contributed by atoms with Crippen LogP contribution in [-0.4, -0.2) is 12.5 Å². The molecular weight excluding hydrogens is 252 g/mol. The van der Waals surface area contributed by atoms with Gasteiger partial charge in [0, 0.05) is 0 Å². The summed E-state index contributed by atoms with van der Waals surface area (Å²) in [6, 6.07) is 13.1. The number of amides is 1. The number of anilines is 2. The van der Waals surface area contributed by atoms with Gasteiger partial charge in [-0.05, 0) is 49.2 Å². The van der Waals surface area contributed by atoms with Gasteiger partial charge in [0.05, 0.1) is 11.4 Å². The smallest absolute Gasteiger partial charge is 0.262 e. The van der Waals surface area contributed by atoms with Gasteiger partial charge in [-0.1, -0.05) is 18.2 Å². The summed E-state index contributed by atoms with van der Waals surface area (Å²) in [6.45, 7) is 3.87. The normalized spacial score (nSPS) is 10.1. The van der Waals surface area contributed by atoms with Gasteiger partial charge >= 0.3 is 0 Å². The second-order valence-corrected chi connectivity index (χ2v) is 4.74. The first kappa shape index (κ1) is 13.9. The molecule has 0 aromatic heterocycles. The summed E-state index contributed by atoms with van der Waals surface area (Å²) in [6.07, 6.45) is 0. The van der Waals surface area contributed by atoms with Crippen molar-refractivity contribution in [2.45, 2.75) is 13.8 Å². The molecule has 4 heteroatoms. The average Bonchev–Trinajstić information content (AvgIpc) is 2.40. The fraction of sp³-hybridized carbons (Fsp3) is 0.188. The molecule has 2 rings (SSSR count). The summed E-state index contributed by atoms with van der Waals surface area (Å²) in [7, 11) is 0. The molecule has 20 heavy (non-hydrogen) atoms. The third-order valence-corrected chi connectivity index (χ3v) is 2.84. The van der Waals surface area contributed by atoms with E-state index < -0.39 is 0 Å². The highest BCUT2D eigenvalue weighted by Crippen LogP contribution is 2.19. The van der Waals surface area contributed by atoms with Crippen LogP contribution in [0.5, 0.6) is 5.75 Å². The highest BCUT2D eigenvalue weighted by molar-refractivity contribution is 5.94. The van der Waals surface area contributed by atoms with Crippen LogP contribution in [0.1, 0.15) is 11.1 Å². The van der Waals surface area contributed by atoms with Crippen molar-refractivity contribution >= 4 is 17.3 Å². The van der Waals surface area contributed by atoms with Gasteiger partial charge in [0.1, 0.15) is 5.75 Å². The lowest BCUT2D eigenvalue weighted by atomic mass is 10.2. The fourth-order valence-corrected chi connectivity index (χ4v) is 1.84. The van der Waals surface area contributed by atoms with E-state index in [1.54, 1.807) is 6.07 Å². The van der Waals surface area contributed by atoms with Crippen molar-refractivity contribution in [3.05, 3.63) is 53.6 Å². The van der Waals surface area contributed by atoms with Crippen LogP contribution in [0.25, 0.3) is 0 Å². The largest absolute Gasteiger partial charge is 0.484 e. The van der Waals surface area contributed by atoms with E-state index in [0.29, 0.717) is 17.1 Å². The Kier molecular flexibility index (Phi) is 4.25. The quantitative estimate of drug-likeness (QED) is 0.840. The molecule has 0 saturated heterocycles. The van der Waals surface area contributed by atoms with Gasteiger partial charge in [-0.25, -0.2) is 0 Å². The molecule has 4 nitrogen and oxygen atoms in total. The number of aryl methyl sites for hydroxylation is 2. The maximum Gasteiger partial charge on any atom is 0.262 e. The third kappa shape index (κ3) is 3.75. The fourth-order valence-electron chi connectivity index (χ4n) is 1.84. The molecule has 0 unspecified atom stereocenters. The maximum absolute atomic E-state index is 11.8. The minimum Gasteiger partial charge on any atom is -0.484 e. The van der Waals surface area contributed by atoms with Crippen molar-refractivity contribution in [3.63, 3.8) is 0 Å². The van der Waals surface area contributed by atoms with Crippen molar-refractivity contribution in [2.75, 3.05) is 17.7 Å². The number of rotatable bonds is 4. The number of ether oxygens (including phenoxy) is 1. The van der Waals surface area contributed by atoms with Crippen molar-refractivity contribution in [2.24, 2.45) is 0 Å². The van der Waals surface area contributed by atoms with Crippen molar-refractivity contribution in [1.82, 2.24) is 0 Å². The standard InChI is InChI=1S/C16H18N2O2/c1-11-4-3-5-13(8-11)20-10-16(19)18-15-7-6-12(2)9-14(15)17/h3-9H,10,17H2,1-2H3,(H,18,19). The van der Waals surface area contributed by atoms with E-state index >= 15 is 0 Å². The number of carbonyl (C=O) groups is 1. The van der Waals surface area contributed by atoms with Crippen molar-refractivity contribution in [1.29, 1.82) is 0 Å². The molecule has 2 aromatic rings. The molecule has 0 radical (unpaired) electrons. The van der Waals surface area contributed by atoms with Crippen LogP contribution in [0.2, 0.25) is 0 Å². The first-order valence-electron chi connectivity index (χ1n) is 6.40. The molecule has 0 spiro atoms. The van der Waals surface area contributed by atoms with E-state index in [4.69, 9.17) is 10.5 Å². The van der Waals surface area contributed by atoms with E-state index in [1.165, 1.54) is 0 Å². The molecule has 104 valence electrons. The van der Waals surface area contributed by atoms with E-state index in [1.807, 2.05) is 50.2 Å². The number of hydrogen-bond donors (Lipinski definition) is 2. The van der Waals surface area contributed by atoms with E-state index in [0.717, 1.165) is 11.1 Å². The zero-order valence-electron chi connectivity index (χ0n) is 11.6. The lowest BCUT2D eigenvalue weighted by Crippen LogP contribution is -2.20. The summed E-state index contributed by atoms with van der Waals surface area (Å²) in [5.41, 5.74) is 9.14. The second-order valence-electron chi connectivity index (χ2n) is 4.74. The Morgan fingerprint density at radius 3 is 2.60 bits per heavy atom. The number of hydrogen-bond acceptors (Lipinski definition) is 3. The maximum atomic E-state index is 11.8. The van der Waals surface area contributed by atoms with Crippen molar-refractivity contribution < 1.29 is 9.53 Å². The van der Waals surface area contributed by atoms with Crippen LogP contribution in [0.3, 0.4) is 0 Å². The number of benzene rings is 2. The summed E-state index contributed by atoms with van der Waals surface area (Å²) in [5, 5.41) is 2.73. The Morgan fingerprint density at radius 1 is 1.15 bits per heavy atom. The molecule has 0 saturated carbocycles. The topological polar surface area (TPSA) is 64.3 Å². The van der Waals surface area contributed by atoms with Gasteiger partial charge in [-0.3, -0.25) is 4.79 Å². The minimum absolute atomic E-state index is 0.0449. The number of nitrogens with one attached hydrogen (secondary N) is 1. The van der Waals surface area contributed by atoms with Gasteiger partial charge in [0.2, 0.25) is 0 Å². The summed E-state index contributed by atoms with van der Waals surface area (Å²) in [5.74, 6) is 0.444. The Hall–Kier alpha value is -2.49. The van der Waals surface area contributed by atoms with E-state index in [2.05, 4.69) is 5.32 Å². The van der Waals surface area contributed by atoms with Crippen LogP contribution < -0.4 is 15.8 Å². The van der Waals surface area contributed by atoms with Gasteiger partial charge in [-0.2, -0.15) is 0 Å². The molecule has 3 N–H and O–H groups in total.